The summed E-state index contributed by atoms with van der Waals surface area (Å²) >= 11 is 0. The summed E-state index contributed by atoms with van der Waals surface area (Å²) in [4.78, 5) is 0. The van der Waals surface area contributed by atoms with Crippen molar-refractivity contribution in [2.24, 2.45) is 17.8 Å². The molecule has 2 aliphatic rings. The molecule has 0 N–H and O–H groups in total. The monoisotopic (exact) mass is 715 g/mol. The first-order chi connectivity index (χ1) is 25.9. The van der Waals surface area contributed by atoms with E-state index in [9.17, 15) is 0 Å². The van der Waals surface area contributed by atoms with E-state index in [0.29, 0.717) is 5.92 Å². The van der Waals surface area contributed by atoms with E-state index in [1.807, 2.05) is 12.1 Å². The standard InChI is InChI=1S/C19H22.C15H14.C12H10.2C4H10/c1-14(2)7-8-15-9-11-16(12-10-15)19-13-17-5-3-4-6-18(17)19;1-15(2)13-9-5-3-7-11(13)12-8-4-6-10-14(12)15;1-3-7-11(8-4-1)12-9-5-2-6-10-12;2*1-4(2)3/h3-6,9-12,14,19H,7-8,13H2,1-2H3;3-10H,1-2H3;1-10H;2*4H,1-3H3. The topological polar surface area (TPSA) is 0 Å². The molecule has 0 amide bonds. The van der Waals surface area contributed by atoms with Gasteiger partial charge < -0.3 is 0 Å². The molecule has 0 aliphatic heterocycles. The highest BCUT2D eigenvalue weighted by Gasteiger charge is 2.34. The van der Waals surface area contributed by atoms with Crippen molar-refractivity contribution >= 4 is 0 Å². The predicted octanol–water partition coefficient (Wildman–Crippen LogP) is 15.6. The van der Waals surface area contributed by atoms with Gasteiger partial charge in [-0.05, 0) is 92.7 Å². The Hall–Kier alpha value is -4.68. The SMILES string of the molecule is CC(C)C.CC(C)C.CC(C)CCc1ccc(C2Cc3ccccc32)cc1.CC1(C)c2ccccc2-c2ccccc21.c1ccc(-c2ccccc2)cc1. The van der Waals surface area contributed by atoms with E-state index in [1.54, 1.807) is 0 Å². The van der Waals surface area contributed by atoms with Crippen molar-refractivity contribution in [2.45, 2.75) is 99.8 Å². The molecule has 6 aromatic rings. The maximum atomic E-state index is 2.33. The van der Waals surface area contributed by atoms with Crippen LogP contribution in [0.25, 0.3) is 22.3 Å². The van der Waals surface area contributed by atoms with Crippen LogP contribution in [0.2, 0.25) is 0 Å². The number of fused-ring (bicyclic) bond motifs is 4. The zero-order chi connectivity index (χ0) is 39.1. The number of rotatable bonds is 5. The summed E-state index contributed by atoms with van der Waals surface area (Å²) in [6, 6.07) is 56.3. The second kappa shape index (κ2) is 20.7. The highest BCUT2D eigenvalue weighted by molar-refractivity contribution is 5.80. The van der Waals surface area contributed by atoms with E-state index < -0.39 is 0 Å². The van der Waals surface area contributed by atoms with Gasteiger partial charge in [0.25, 0.3) is 0 Å². The molecule has 0 nitrogen and oxygen atoms in total. The molecule has 0 spiro atoms. The second-order valence-electron chi connectivity index (χ2n) is 17.0. The van der Waals surface area contributed by atoms with Gasteiger partial charge in [0.2, 0.25) is 0 Å². The lowest BCUT2D eigenvalue weighted by Gasteiger charge is -2.30. The minimum Gasteiger partial charge on any atom is -0.0630 e. The van der Waals surface area contributed by atoms with E-state index >= 15 is 0 Å². The van der Waals surface area contributed by atoms with Gasteiger partial charge in [-0.15, -0.1) is 0 Å². The van der Waals surface area contributed by atoms with Gasteiger partial charge in [-0.2, -0.15) is 0 Å². The van der Waals surface area contributed by atoms with E-state index in [0.717, 1.165) is 17.8 Å². The fourth-order valence-electron chi connectivity index (χ4n) is 6.86. The molecule has 1 unspecified atom stereocenters. The Morgan fingerprint density at radius 3 is 1.33 bits per heavy atom. The lowest BCUT2D eigenvalue weighted by Crippen LogP contribution is -2.17. The largest absolute Gasteiger partial charge is 0.0630 e. The molecule has 0 saturated carbocycles. The molecule has 0 radical (unpaired) electrons. The van der Waals surface area contributed by atoms with Crippen molar-refractivity contribution in [3.05, 3.63) is 191 Å². The Morgan fingerprint density at radius 2 is 0.889 bits per heavy atom. The average molecular weight is 715 g/mol. The van der Waals surface area contributed by atoms with Crippen molar-refractivity contribution in [3.63, 3.8) is 0 Å². The van der Waals surface area contributed by atoms with Gasteiger partial charge in [0.1, 0.15) is 0 Å². The summed E-state index contributed by atoms with van der Waals surface area (Å²) in [6.45, 7) is 22.2. The Bertz CT molecular complexity index is 1850. The van der Waals surface area contributed by atoms with E-state index in [4.69, 9.17) is 0 Å². The Balaban J connectivity index is 0.000000167. The Morgan fingerprint density at radius 1 is 0.481 bits per heavy atom. The molecule has 8 rings (SSSR count). The highest BCUT2D eigenvalue weighted by Crippen LogP contribution is 2.48. The first kappa shape index (κ1) is 42.1. The van der Waals surface area contributed by atoms with Crippen LogP contribution in [0.5, 0.6) is 0 Å². The zero-order valence-electron chi connectivity index (χ0n) is 34.9. The van der Waals surface area contributed by atoms with Crippen LogP contribution in [-0.4, -0.2) is 0 Å². The molecule has 1 atom stereocenters. The normalized spacial score (nSPS) is 13.9. The Kier molecular flexibility index (Phi) is 16.1. The minimum atomic E-state index is 0.160. The zero-order valence-corrected chi connectivity index (χ0v) is 34.9. The number of aryl methyl sites for hydroxylation is 1. The Labute approximate surface area is 329 Å². The second-order valence-corrected chi connectivity index (χ2v) is 17.0. The minimum absolute atomic E-state index is 0.160. The molecule has 0 heterocycles. The summed E-state index contributed by atoms with van der Waals surface area (Å²) in [5.41, 5.74) is 14.4. The van der Waals surface area contributed by atoms with Crippen molar-refractivity contribution in [2.75, 3.05) is 0 Å². The third kappa shape index (κ3) is 12.2. The first-order valence-electron chi connectivity index (χ1n) is 20.3. The maximum Gasteiger partial charge on any atom is 0.0158 e. The van der Waals surface area contributed by atoms with Crippen LogP contribution in [0, 0.1) is 17.8 Å². The van der Waals surface area contributed by atoms with Crippen LogP contribution in [0.3, 0.4) is 0 Å². The van der Waals surface area contributed by atoms with Crippen LogP contribution < -0.4 is 0 Å². The van der Waals surface area contributed by atoms with Crippen molar-refractivity contribution in [3.8, 4) is 22.3 Å². The lowest BCUT2D eigenvalue weighted by atomic mass is 9.74. The summed E-state index contributed by atoms with van der Waals surface area (Å²) < 4.78 is 0. The third-order valence-electron chi connectivity index (χ3n) is 9.62. The molecular formula is C54H66. The molecule has 0 aromatic heterocycles. The molecule has 6 aromatic carbocycles. The fraction of sp³-hybridized carbons (Fsp3) is 0.333. The first-order valence-corrected chi connectivity index (χ1v) is 20.3. The van der Waals surface area contributed by atoms with Crippen molar-refractivity contribution < 1.29 is 0 Å². The van der Waals surface area contributed by atoms with Crippen molar-refractivity contribution in [1.82, 2.24) is 0 Å². The van der Waals surface area contributed by atoms with E-state index in [2.05, 4.69) is 215 Å². The van der Waals surface area contributed by atoms with Crippen LogP contribution in [0.15, 0.2) is 158 Å². The van der Waals surface area contributed by atoms with E-state index in [1.165, 1.54) is 74.9 Å². The smallest absolute Gasteiger partial charge is 0.0158 e. The van der Waals surface area contributed by atoms with Crippen LogP contribution in [0.4, 0.5) is 0 Å². The van der Waals surface area contributed by atoms with Gasteiger partial charge in [-0.1, -0.05) is 227 Å². The molecule has 0 heteroatoms. The number of benzene rings is 6. The summed E-state index contributed by atoms with van der Waals surface area (Å²) in [5, 5.41) is 0. The number of hydrogen-bond donors (Lipinski definition) is 0. The third-order valence-corrected chi connectivity index (χ3v) is 9.62. The number of hydrogen-bond acceptors (Lipinski definition) is 0. The van der Waals surface area contributed by atoms with Gasteiger partial charge in [0, 0.05) is 11.3 Å². The summed E-state index contributed by atoms with van der Waals surface area (Å²) in [7, 11) is 0. The van der Waals surface area contributed by atoms with Crippen molar-refractivity contribution in [1.29, 1.82) is 0 Å². The van der Waals surface area contributed by atoms with Gasteiger partial charge in [0.05, 0.1) is 0 Å². The quantitative estimate of drug-likeness (QED) is 0.167. The molecule has 54 heavy (non-hydrogen) atoms. The summed E-state index contributed by atoms with van der Waals surface area (Å²) in [6.07, 6.45) is 3.70. The van der Waals surface area contributed by atoms with Crippen LogP contribution in [-0.2, 0) is 18.3 Å². The molecule has 282 valence electrons. The van der Waals surface area contributed by atoms with Gasteiger partial charge in [-0.25, -0.2) is 0 Å². The lowest BCUT2D eigenvalue weighted by molar-refractivity contribution is 0.586. The van der Waals surface area contributed by atoms with Crippen LogP contribution in [0.1, 0.15) is 115 Å². The molecule has 0 saturated heterocycles. The molecule has 0 fully saturated rings. The average Bonchev–Trinajstić information content (AvgIpc) is 3.39. The van der Waals surface area contributed by atoms with Gasteiger partial charge >= 0.3 is 0 Å². The predicted molar refractivity (Wildman–Crippen MR) is 238 cm³/mol. The van der Waals surface area contributed by atoms with E-state index in [-0.39, 0.29) is 5.41 Å². The maximum absolute atomic E-state index is 2.33. The molecule has 0 bridgehead atoms. The molecular weight excluding hydrogens is 649 g/mol. The summed E-state index contributed by atoms with van der Waals surface area (Å²) in [5.74, 6) is 3.09. The highest BCUT2D eigenvalue weighted by atomic mass is 14.4. The van der Waals surface area contributed by atoms with Gasteiger partial charge in [-0.3, -0.25) is 0 Å². The fourth-order valence-corrected chi connectivity index (χ4v) is 6.86. The molecule has 2 aliphatic carbocycles. The van der Waals surface area contributed by atoms with Gasteiger partial charge in [0.15, 0.2) is 0 Å². The van der Waals surface area contributed by atoms with Crippen LogP contribution >= 0.6 is 0 Å².